The molecule has 1 fully saturated rings. The quantitative estimate of drug-likeness (QED) is 0.394. The zero-order valence-corrected chi connectivity index (χ0v) is 25.4. The molecular weight excluding hydrogens is 520 g/mol. The summed E-state index contributed by atoms with van der Waals surface area (Å²) >= 11 is 0. The number of piperidine rings is 1. The summed E-state index contributed by atoms with van der Waals surface area (Å²) in [6.45, 7) is 12.3. The van der Waals surface area contributed by atoms with Gasteiger partial charge in [-0.15, -0.1) is 0 Å². The van der Waals surface area contributed by atoms with Crippen molar-refractivity contribution in [1.82, 2.24) is 10.2 Å². The average Bonchev–Trinajstić information content (AvgIpc) is 3.21. The average molecular weight is 565 g/mol. The molecule has 2 aromatic rings. The number of carbonyl (C=O) groups is 2. The first-order valence-electron chi connectivity index (χ1n) is 14.3. The highest BCUT2D eigenvalue weighted by Gasteiger charge is 2.33. The Morgan fingerprint density at radius 3 is 2.41 bits per heavy atom. The number of ketones is 1. The molecule has 9 heteroatoms. The molecule has 0 bridgehead atoms. The van der Waals surface area contributed by atoms with Crippen LogP contribution < -0.4 is 19.7 Å². The van der Waals surface area contributed by atoms with Gasteiger partial charge in [0.05, 0.1) is 38.0 Å². The van der Waals surface area contributed by atoms with E-state index in [2.05, 4.69) is 31.0 Å². The molecule has 2 aromatic carbocycles. The fourth-order valence-electron chi connectivity index (χ4n) is 5.57. The molecule has 3 N–H and O–H groups in total. The fourth-order valence-corrected chi connectivity index (χ4v) is 5.57. The molecule has 41 heavy (non-hydrogen) atoms. The third-order valence-corrected chi connectivity index (χ3v) is 8.07. The highest BCUT2D eigenvalue weighted by Crippen LogP contribution is 2.42. The van der Waals surface area contributed by atoms with Gasteiger partial charge in [-0.2, -0.15) is 0 Å². The van der Waals surface area contributed by atoms with Gasteiger partial charge in [-0.25, -0.2) is 0 Å². The van der Waals surface area contributed by atoms with Crippen LogP contribution >= 0.6 is 0 Å². The lowest BCUT2D eigenvalue weighted by Gasteiger charge is -2.38. The topological polar surface area (TPSA) is 115 Å². The summed E-state index contributed by atoms with van der Waals surface area (Å²) < 4.78 is 11.7. The number of aliphatic hydroxyl groups is 1. The lowest BCUT2D eigenvalue weighted by Crippen LogP contribution is -2.42. The SMILES string of the molecule is CCOc1cc2c(cc1CC(=O)NC)C(=N)N(CC(=O)c1cc(N3CCC(C)(O)CC3)c(OC)c(C(C)(C)C)c1)C2. The number of hydrogen-bond donors (Lipinski definition) is 3. The van der Waals surface area contributed by atoms with E-state index in [1.807, 2.05) is 38.1 Å². The summed E-state index contributed by atoms with van der Waals surface area (Å²) in [6, 6.07) is 7.56. The highest BCUT2D eigenvalue weighted by molar-refractivity contribution is 6.06. The molecule has 1 amide bonds. The number of rotatable bonds is 9. The second kappa shape index (κ2) is 11.7. The van der Waals surface area contributed by atoms with Crippen molar-refractivity contribution >= 4 is 23.2 Å². The molecule has 0 spiro atoms. The molecule has 4 rings (SSSR count). The number of fused-ring (bicyclic) bond motifs is 1. The molecule has 2 aliphatic heterocycles. The van der Waals surface area contributed by atoms with Crippen LogP contribution in [0.25, 0.3) is 0 Å². The van der Waals surface area contributed by atoms with Crippen LogP contribution in [0.4, 0.5) is 5.69 Å². The molecule has 2 heterocycles. The van der Waals surface area contributed by atoms with E-state index in [0.717, 1.165) is 28.1 Å². The molecule has 0 aromatic heterocycles. The summed E-state index contributed by atoms with van der Waals surface area (Å²) in [4.78, 5) is 29.9. The number of nitrogens with zero attached hydrogens (tertiary/aromatic N) is 2. The summed E-state index contributed by atoms with van der Waals surface area (Å²) in [7, 11) is 3.25. The predicted molar refractivity (Wildman–Crippen MR) is 161 cm³/mol. The molecule has 0 radical (unpaired) electrons. The van der Waals surface area contributed by atoms with Gasteiger partial charge in [-0.1, -0.05) is 20.8 Å². The van der Waals surface area contributed by atoms with E-state index in [-0.39, 0.29) is 35.9 Å². The lowest BCUT2D eigenvalue weighted by molar-refractivity contribution is -0.120. The molecule has 2 aliphatic rings. The molecule has 222 valence electrons. The number of amides is 1. The van der Waals surface area contributed by atoms with Crippen LogP contribution in [0.3, 0.4) is 0 Å². The Labute approximate surface area is 243 Å². The number of likely N-dealkylation sites (N-methyl/N-ethyl adjacent to an activating group) is 1. The van der Waals surface area contributed by atoms with E-state index in [1.54, 1.807) is 19.1 Å². The minimum absolute atomic E-state index is 0.0479. The van der Waals surface area contributed by atoms with Gasteiger partial charge >= 0.3 is 0 Å². The summed E-state index contributed by atoms with van der Waals surface area (Å²) in [5.41, 5.74) is 3.74. The van der Waals surface area contributed by atoms with E-state index in [0.29, 0.717) is 56.0 Å². The number of ether oxygens (including phenoxy) is 2. The van der Waals surface area contributed by atoms with Crippen molar-refractivity contribution in [3.05, 3.63) is 52.1 Å². The fraction of sp³-hybridized carbons (Fsp3) is 0.531. The largest absolute Gasteiger partial charge is 0.494 e. The number of methoxy groups -OCH3 is 1. The van der Waals surface area contributed by atoms with Crippen molar-refractivity contribution in [3.63, 3.8) is 0 Å². The minimum Gasteiger partial charge on any atom is -0.494 e. The zero-order valence-electron chi connectivity index (χ0n) is 25.4. The number of amidine groups is 1. The lowest BCUT2D eigenvalue weighted by atomic mass is 9.83. The number of hydrogen-bond acceptors (Lipinski definition) is 7. The number of benzene rings is 2. The van der Waals surface area contributed by atoms with Crippen LogP contribution in [0.5, 0.6) is 11.5 Å². The molecular formula is C32H44N4O5. The smallest absolute Gasteiger partial charge is 0.224 e. The maximum absolute atomic E-state index is 13.8. The van der Waals surface area contributed by atoms with Gasteiger partial charge in [0.15, 0.2) is 5.78 Å². The Morgan fingerprint density at radius 2 is 1.83 bits per heavy atom. The molecule has 9 nitrogen and oxygen atoms in total. The number of Topliss-reactive ketones (excluding diaryl/α,β-unsaturated/α-hetero) is 1. The first-order chi connectivity index (χ1) is 19.3. The maximum Gasteiger partial charge on any atom is 0.224 e. The van der Waals surface area contributed by atoms with E-state index in [1.165, 1.54) is 0 Å². The minimum atomic E-state index is -0.697. The highest BCUT2D eigenvalue weighted by atomic mass is 16.5. The van der Waals surface area contributed by atoms with Crippen LogP contribution in [-0.2, 0) is 23.2 Å². The van der Waals surface area contributed by atoms with Gasteiger partial charge in [-0.3, -0.25) is 15.0 Å². The predicted octanol–water partition coefficient (Wildman–Crippen LogP) is 4.05. The van der Waals surface area contributed by atoms with Crippen LogP contribution in [0, 0.1) is 5.41 Å². The van der Waals surface area contributed by atoms with Crippen molar-refractivity contribution in [2.75, 3.05) is 45.3 Å². The maximum atomic E-state index is 13.8. The van der Waals surface area contributed by atoms with Crippen molar-refractivity contribution in [3.8, 4) is 11.5 Å². The zero-order chi connectivity index (χ0) is 30.1. The molecule has 0 aliphatic carbocycles. The Hall–Kier alpha value is -3.59. The standard InChI is InChI=1S/C32H44N4O5/c1-8-41-27-16-22-18-36(30(33)23(22)13-21(27)17-28(38)34-6)19-26(37)20-14-24(31(2,3)4)29(40-7)25(15-20)35-11-9-32(5,39)10-12-35/h13-16,33,39H,8-12,17-19H2,1-7H3,(H,34,38). The van der Waals surface area contributed by atoms with Gasteiger partial charge in [0.25, 0.3) is 0 Å². The Kier molecular flexibility index (Phi) is 8.68. The van der Waals surface area contributed by atoms with Crippen molar-refractivity contribution in [1.29, 1.82) is 5.41 Å². The monoisotopic (exact) mass is 564 g/mol. The van der Waals surface area contributed by atoms with Crippen LogP contribution in [0.15, 0.2) is 24.3 Å². The van der Waals surface area contributed by atoms with E-state index >= 15 is 0 Å². The molecule has 0 atom stereocenters. The summed E-state index contributed by atoms with van der Waals surface area (Å²) in [5.74, 6) is 1.42. The third kappa shape index (κ3) is 6.50. The van der Waals surface area contributed by atoms with Gasteiger partial charge in [0, 0.05) is 48.9 Å². The number of anilines is 1. The van der Waals surface area contributed by atoms with Crippen molar-refractivity contribution in [2.45, 2.75) is 71.4 Å². The first-order valence-corrected chi connectivity index (χ1v) is 14.3. The van der Waals surface area contributed by atoms with Gasteiger partial charge < -0.3 is 29.7 Å². The summed E-state index contributed by atoms with van der Waals surface area (Å²) in [6.07, 6.45) is 1.42. The van der Waals surface area contributed by atoms with Crippen LogP contribution in [-0.4, -0.2) is 73.5 Å². The molecule has 0 saturated carbocycles. The van der Waals surface area contributed by atoms with Crippen LogP contribution in [0.1, 0.15) is 80.1 Å². The van der Waals surface area contributed by atoms with E-state index < -0.39 is 5.60 Å². The van der Waals surface area contributed by atoms with Gasteiger partial charge in [0.2, 0.25) is 5.91 Å². The normalized spacial score (nSPS) is 16.4. The Balaban J connectivity index is 1.64. The first kappa shape index (κ1) is 30.4. The molecule has 0 unspecified atom stereocenters. The molecule has 1 saturated heterocycles. The Bertz CT molecular complexity index is 1330. The summed E-state index contributed by atoms with van der Waals surface area (Å²) in [5, 5.41) is 22.0. The van der Waals surface area contributed by atoms with E-state index in [4.69, 9.17) is 14.9 Å². The van der Waals surface area contributed by atoms with Gasteiger partial charge in [0.1, 0.15) is 17.3 Å². The second-order valence-electron chi connectivity index (χ2n) is 12.3. The van der Waals surface area contributed by atoms with Gasteiger partial charge in [-0.05, 0) is 61.9 Å². The third-order valence-electron chi connectivity index (χ3n) is 8.07. The second-order valence-corrected chi connectivity index (χ2v) is 12.3. The Morgan fingerprint density at radius 1 is 1.15 bits per heavy atom. The van der Waals surface area contributed by atoms with Crippen LogP contribution in [0.2, 0.25) is 0 Å². The number of carbonyl (C=O) groups excluding carboxylic acids is 2. The van der Waals surface area contributed by atoms with Crippen molar-refractivity contribution < 1.29 is 24.2 Å². The van der Waals surface area contributed by atoms with Crippen molar-refractivity contribution in [2.24, 2.45) is 0 Å². The van der Waals surface area contributed by atoms with E-state index in [9.17, 15) is 14.7 Å². The number of nitrogens with one attached hydrogen (secondary N) is 2.